The molecule has 2 saturated carbocycles. The quantitative estimate of drug-likeness (QED) is 0.383. The molecule has 1 aromatic carbocycles. The van der Waals surface area contributed by atoms with Gasteiger partial charge in [-0.2, -0.15) is 0 Å². The maximum atomic E-state index is 14.6. The summed E-state index contributed by atoms with van der Waals surface area (Å²) in [5.41, 5.74) is 1.71. The first-order valence-electron chi connectivity index (χ1n) is 13.2. The highest BCUT2D eigenvalue weighted by Crippen LogP contribution is 2.64. The van der Waals surface area contributed by atoms with Crippen molar-refractivity contribution in [1.29, 1.82) is 0 Å². The highest BCUT2D eigenvalue weighted by molar-refractivity contribution is 7.54. The van der Waals surface area contributed by atoms with E-state index in [2.05, 4.69) is 41.5 Å². The molecule has 5 heteroatoms. The van der Waals surface area contributed by atoms with Gasteiger partial charge in [0.2, 0.25) is 0 Å². The molecule has 1 N–H and O–H groups in total. The van der Waals surface area contributed by atoms with Crippen molar-refractivity contribution in [1.82, 2.24) is 0 Å². The molecule has 3 rings (SSSR count). The molecule has 7 atom stereocenters. The Labute approximate surface area is 202 Å². The first-order chi connectivity index (χ1) is 15.5. The van der Waals surface area contributed by atoms with E-state index in [0.29, 0.717) is 41.1 Å². The van der Waals surface area contributed by atoms with Crippen LogP contribution in [0.1, 0.15) is 97.0 Å². The van der Waals surface area contributed by atoms with Crippen LogP contribution in [0, 0.1) is 42.4 Å². The molecule has 33 heavy (non-hydrogen) atoms. The van der Waals surface area contributed by atoms with Crippen molar-refractivity contribution >= 4 is 7.60 Å². The maximum absolute atomic E-state index is 14.6. The van der Waals surface area contributed by atoms with Gasteiger partial charge in [-0.15, -0.1) is 0 Å². The zero-order valence-corrected chi connectivity index (χ0v) is 22.8. The molecule has 2 aliphatic rings. The highest BCUT2D eigenvalue weighted by atomic mass is 31.2. The van der Waals surface area contributed by atoms with Gasteiger partial charge >= 0.3 is 7.60 Å². The molecule has 0 bridgehead atoms. The molecular weight excluding hydrogens is 431 g/mol. The molecule has 0 spiro atoms. The van der Waals surface area contributed by atoms with Crippen LogP contribution in [0.25, 0.3) is 0 Å². The molecule has 0 radical (unpaired) electrons. The van der Waals surface area contributed by atoms with Gasteiger partial charge in [0.1, 0.15) is 0 Å². The Morgan fingerprint density at radius 2 is 1.24 bits per heavy atom. The number of hydrogen-bond donors (Lipinski definition) is 1. The number of aliphatic hydroxyl groups is 1. The van der Waals surface area contributed by atoms with Crippen LogP contribution < -0.4 is 0 Å². The number of hydrogen-bond acceptors (Lipinski definition) is 4. The van der Waals surface area contributed by atoms with Crippen molar-refractivity contribution in [2.75, 3.05) is 0 Å². The van der Waals surface area contributed by atoms with Crippen LogP contribution in [0.2, 0.25) is 0 Å². The maximum Gasteiger partial charge on any atom is 0.363 e. The average Bonchev–Trinajstić information content (AvgIpc) is 2.73. The van der Waals surface area contributed by atoms with Gasteiger partial charge in [0.05, 0.1) is 12.2 Å². The zero-order chi connectivity index (χ0) is 24.3. The van der Waals surface area contributed by atoms with Gasteiger partial charge in [-0.25, -0.2) is 0 Å². The highest BCUT2D eigenvalue weighted by Gasteiger charge is 2.46. The predicted octanol–water partition coefficient (Wildman–Crippen LogP) is 8.13. The topological polar surface area (TPSA) is 55.8 Å². The number of rotatable bonds is 8. The lowest BCUT2D eigenvalue weighted by molar-refractivity contribution is -0.0153. The van der Waals surface area contributed by atoms with Crippen molar-refractivity contribution in [2.24, 2.45) is 35.5 Å². The molecule has 0 aromatic heterocycles. The monoisotopic (exact) mass is 478 g/mol. The second kappa shape index (κ2) is 11.4. The average molecular weight is 479 g/mol. The molecule has 0 amide bonds. The van der Waals surface area contributed by atoms with Crippen LogP contribution in [0.4, 0.5) is 0 Å². The van der Waals surface area contributed by atoms with E-state index < -0.39 is 13.4 Å². The van der Waals surface area contributed by atoms with E-state index in [9.17, 15) is 9.67 Å². The third kappa shape index (κ3) is 6.72. The second-order valence-corrected chi connectivity index (χ2v) is 13.8. The van der Waals surface area contributed by atoms with E-state index >= 15 is 0 Å². The Morgan fingerprint density at radius 3 is 1.64 bits per heavy atom. The number of aryl methyl sites for hydroxylation is 1. The van der Waals surface area contributed by atoms with Gasteiger partial charge < -0.3 is 14.2 Å². The lowest BCUT2D eigenvalue weighted by Gasteiger charge is -2.42. The molecule has 0 heterocycles. The van der Waals surface area contributed by atoms with Crippen molar-refractivity contribution in [3.63, 3.8) is 0 Å². The summed E-state index contributed by atoms with van der Waals surface area (Å²) in [5.74, 6) is 1.30. The van der Waals surface area contributed by atoms with Crippen LogP contribution in [0.3, 0.4) is 0 Å². The molecule has 0 aliphatic heterocycles. The summed E-state index contributed by atoms with van der Waals surface area (Å²) in [4.78, 5) is 0. The summed E-state index contributed by atoms with van der Waals surface area (Å²) in [7, 11) is -3.84. The fourth-order valence-corrected chi connectivity index (χ4v) is 7.97. The van der Waals surface area contributed by atoms with Gasteiger partial charge in [0.15, 0.2) is 5.85 Å². The Bertz CT molecular complexity index is 752. The molecule has 188 valence electrons. The van der Waals surface area contributed by atoms with E-state index in [1.807, 2.05) is 31.2 Å². The summed E-state index contributed by atoms with van der Waals surface area (Å²) in [6, 6.07) is 7.60. The molecule has 4 nitrogen and oxygen atoms in total. The van der Waals surface area contributed by atoms with Crippen molar-refractivity contribution in [3.8, 4) is 0 Å². The van der Waals surface area contributed by atoms with Crippen molar-refractivity contribution in [2.45, 2.75) is 105 Å². The van der Waals surface area contributed by atoms with Gasteiger partial charge in [-0.1, -0.05) is 84.2 Å². The second-order valence-electron chi connectivity index (χ2n) is 11.8. The minimum Gasteiger partial charge on any atom is -0.376 e. The van der Waals surface area contributed by atoms with Crippen molar-refractivity contribution < 1.29 is 18.7 Å². The summed E-state index contributed by atoms with van der Waals surface area (Å²) in [5, 5.41) is 11.5. The van der Waals surface area contributed by atoms with Gasteiger partial charge in [-0.3, -0.25) is 4.57 Å². The van der Waals surface area contributed by atoms with Gasteiger partial charge in [0, 0.05) is 0 Å². The van der Waals surface area contributed by atoms with Crippen LogP contribution >= 0.6 is 7.60 Å². The minimum absolute atomic E-state index is 0.154. The van der Waals surface area contributed by atoms with Crippen LogP contribution in [-0.4, -0.2) is 17.3 Å². The van der Waals surface area contributed by atoms with Crippen LogP contribution in [0.15, 0.2) is 24.3 Å². The van der Waals surface area contributed by atoms with Crippen LogP contribution in [-0.2, 0) is 13.6 Å². The fourth-order valence-electron chi connectivity index (χ4n) is 5.91. The normalized spacial score (nSPS) is 33.8. The minimum atomic E-state index is -3.84. The van der Waals surface area contributed by atoms with Crippen molar-refractivity contribution in [3.05, 3.63) is 35.4 Å². The standard InChI is InChI=1S/C28H47O4P/c1-18(2)24-14-10-21(6)16-26(24)31-33(30,28(29)23-12-8-20(5)9-13-23)32-27-17-22(7)11-15-25(27)19(3)4/h8-9,12-13,18-19,21-22,24-29H,10-11,14-17H2,1-7H3. The first-order valence-corrected chi connectivity index (χ1v) is 14.8. The third-order valence-electron chi connectivity index (χ3n) is 8.16. The number of benzene rings is 1. The largest absolute Gasteiger partial charge is 0.376 e. The first kappa shape index (κ1) is 26.9. The molecule has 0 saturated heterocycles. The van der Waals surface area contributed by atoms with Gasteiger partial charge in [-0.05, 0) is 73.7 Å². The molecule has 2 aliphatic carbocycles. The van der Waals surface area contributed by atoms with E-state index in [-0.39, 0.29) is 12.2 Å². The molecule has 2 fully saturated rings. The zero-order valence-electron chi connectivity index (χ0n) is 21.9. The summed E-state index contributed by atoms with van der Waals surface area (Å²) in [6.07, 6.45) is 5.90. The SMILES string of the molecule is Cc1ccc(C(O)P(=O)(OC2CC(C)CCC2C(C)C)OC2CC(C)CCC2C(C)C)cc1. The molecule has 7 unspecified atom stereocenters. The van der Waals surface area contributed by atoms with Crippen LogP contribution in [0.5, 0.6) is 0 Å². The number of aliphatic hydroxyl groups excluding tert-OH is 1. The smallest absolute Gasteiger partial charge is 0.363 e. The predicted molar refractivity (Wildman–Crippen MR) is 136 cm³/mol. The molecular formula is C28H47O4P. The Kier molecular flexibility index (Phi) is 9.28. The lowest BCUT2D eigenvalue weighted by atomic mass is 9.75. The Morgan fingerprint density at radius 1 is 0.818 bits per heavy atom. The van der Waals surface area contributed by atoms with E-state index in [4.69, 9.17) is 9.05 Å². The van der Waals surface area contributed by atoms with Gasteiger partial charge in [0.25, 0.3) is 0 Å². The van der Waals surface area contributed by atoms with E-state index in [1.54, 1.807) is 0 Å². The van der Waals surface area contributed by atoms with E-state index in [0.717, 1.165) is 31.2 Å². The molecule has 1 aromatic rings. The Hall–Kier alpha value is -0.670. The third-order valence-corrected chi connectivity index (χ3v) is 10.2. The fraction of sp³-hybridized carbons (Fsp3) is 0.786. The summed E-state index contributed by atoms with van der Waals surface area (Å²) >= 11 is 0. The lowest BCUT2D eigenvalue weighted by Crippen LogP contribution is -2.37. The van der Waals surface area contributed by atoms with E-state index in [1.165, 1.54) is 12.8 Å². The Balaban J connectivity index is 1.94. The summed E-state index contributed by atoms with van der Waals surface area (Å²) in [6.45, 7) is 15.4. The summed E-state index contributed by atoms with van der Waals surface area (Å²) < 4.78 is 27.6.